The topological polar surface area (TPSA) is 76.3 Å². The van der Waals surface area contributed by atoms with Crippen molar-refractivity contribution < 1.29 is 14.1 Å². The lowest BCUT2D eigenvalue weighted by Crippen LogP contribution is -2.35. The van der Waals surface area contributed by atoms with E-state index < -0.39 is 10.7 Å². The van der Waals surface area contributed by atoms with E-state index in [4.69, 9.17) is 0 Å². The average Bonchev–Trinajstić information content (AvgIpc) is 2.58. The molecule has 0 aliphatic carbocycles. The number of hydrogen-bond donors (Lipinski definition) is 0. The minimum absolute atomic E-state index is 0.0549. The Hall–Kier alpha value is -2.83. The molecule has 0 saturated carbocycles. The van der Waals surface area contributed by atoms with Crippen LogP contribution in [-0.2, 0) is 17.6 Å². The van der Waals surface area contributed by atoms with Crippen molar-refractivity contribution >= 4 is 17.3 Å². The highest BCUT2D eigenvalue weighted by atomic mass is 19.1. The third kappa shape index (κ3) is 3.24. The molecule has 124 valence electrons. The number of aromatic nitrogens is 1. The minimum atomic E-state index is -0.432. The van der Waals surface area contributed by atoms with Gasteiger partial charge in [0.05, 0.1) is 22.4 Å². The summed E-state index contributed by atoms with van der Waals surface area (Å²) >= 11 is 0. The van der Waals surface area contributed by atoms with Crippen LogP contribution in [0, 0.1) is 15.9 Å². The monoisotopic (exact) mass is 329 g/mol. The smallest absolute Gasteiger partial charge is 0.274 e. The van der Waals surface area contributed by atoms with Crippen molar-refractivity contribution in [2.24, 2.45) is 0 Å². The highest BCUT2D eigenvalue weighted by molar-refractivity contribution is 5.95. The number of fused-ring (bicyclic) bond motifs is 1. The maximum absolute atomic E-state index is 13.1. The molecule has 2 heterocycles. The molecule has 0 fully saturated rings. The second-order valence-corrected chi connectivity index (χ2v) is 5.69. The van der Waals surface area contributed by atoms with Gasteiger partial charge in [0.25, 0.3) is 5.69 Å². The quantitative estimate of drug-likeness (QED) is 0.638. The van der Waals surface area contributed by atoms with Crippen molar-refractivity contribution in [3.8, 4) is 0 Å². The first-order valence-electron chi connectivity index (χ1n) is 7.72. The summed E-state index contributed by atoms with van der Waals surface area (Å²) < 4.78 is 13.1. The first-order chi connectivity index (χ1) is 11.6. The van der Waals surface area contributed by atoms with Crippen LogP contribution in [0.3, 0.4) is 0 Å². The highest BCUT2D eigenvalue weighted by Gasteiger charge is 2.27. The fourth-order valence-corrected chi connectivity index (χ4v) is 3.02. The van der Waals surface area contributed by atoms with E-state index in [1.54, 1.807) is 17.0 Å². The second-order valence-electron chi connectivity index (χ2n) is 5.69. The molecule has 0 atom stereocenters. The molecule has 0 unspecified atom stereocenters. The van der Waals surface area contributed by atoms with Crippen LogP contribution in [0.15, 0.2) is 36.7 Å². The van der Waals surface area contributed by atoms with E-state index >= 15 is 0 Å². The van der Waals surface area contributed by atoms with Gasteiger partial charge < -0.3 is 4.90 Å². The van der Waals surface area contributed by atoms with Gasteiger partial charge in [-0.15, -0.1) is 0 Å². The Morgan fingerprint density at radius 2 is 2.21 bits per heavy atom. The van der Waals surface area contributed by atoms with Crippen molar-refractivity contribution in [3.05, 3.63) is 63.7 Å². The number of carbonyl (C=O) groups is 1. The van der Waals surface area contributed by atoms with Crippen LogP contribution in [0.2, 0.25) is 0 Å². The number of amides is 1. The Morgan fingerprint density at radius 1 is 1.38 bits per heavy atom. The van der Waals surface area contributed by atoms with Gasteiger partial charge in [0.1, 0.15) is 5.82 Å². The van der Waals surface area contributed by atoms with Gasteiger partial charge in [-0.1, -0.05) is 6.07 Å². The standard InChI is InChI=1S/C17H16FN3O3/c18-13-9-12(10-19-11-13)6-7-17(22)20-8-2-3-14-15(20)4-1-5-16(14)21(23)24/h1,4-5,9-11H,2-3,6-8H2. The van der Waals surface area contributed by atoms with Crippen LogP contribution in [-0.4, -0.2) is 22.4 Å². The summed E-state index contributed by atoms with van der Waals surface area (Å²) in [6, 6.07) is 6.16. The fourth-order valence-electron chi connectivity index (χ4n) is 3.02. The maximum Gasteiger partial charge on any atom is 0.274 e. The van der Waals surface area contributed by atoms with E-state index in [0.29, 0.717) is 42.6 Å². The summed E-state index contributed by atoms with van der Waals surface area (Å²) in [7, 11) is 0. The molecule has 7 heteroatoms. The van der Waals surface area contributed by atoms with Gasteiger partial charge in [0.15, 0.2) is 0 Å². The molecule has 1 aromatic carbocycles. The number of carbonyl (C=O) groups excluding carboxylic acids is 1. The third-order valence-electron chi connectivity index (χ3n) is 4.11. The molecule has 0 radical (unpaired) electrons. The van der Waals surface area contributed by atoms with E-state index in [1.165, 1.54) is 18.3 Å². The largest absolute Gasteiger partial charge is 0.312 e. The maximum atomic E-state index is 13.1. The Labute approximate surface area is 138 Å². The van der Waals surface area contributed by atoms with Crippen molar-refractivity contribution in [1.29, 1.82) is 0 Å². The van der Waals surface area contributed by atoms with Crippen molar-refractivity contribution in [3.63, 3.8) is 0 Å². The van der Waals surface area contributed by atoms with Crippen LogP contribution in [0.5, 0.6) is 0 Å². The molecule has 24 heavy (non-hydrogen) atoms. The number of hydrogen-bond acceptors (Lipinski definition) is 4. The Kier molecular flexibility index (Phi) is 4.50. The van der Waals surface area contributed by atoms with Crippen molar-refractivity contribution in [2.45, 2.75) is 25.7 Å². The summed E-state index contributed by atoms with van der Waals surface area (Å²) in [5, 5.41) is 11.2. The van der Waals surface area contributed by atoms with Gasteiger partial charge in [-0.2, -0.15) is 0 Å². The Balaban J connectivity index is 1.78. The summed E-state index contributed by atoms with van der Waals surface area (Å²) in [6.45, 7) is 0.536. The number of rotatable bonds is 4. The van der Waals surface area contributed by atoms with Gasteiger partial charge in [0, 0.05) is 25.2 Å². The zero-order chi connectivity index (χ0) is 17.1. The molecule has 0 saturated heterocycles. The normalized spacial score (nSPS) is 13.5. The van der Waals surface area contributed by atoms with Gasteiger partial charge >= 0.3 is 0 Å². The number of nitro benzene ring substituents is 1. The van der Waals surface area contributed by atoms with E-state index in [2.05, 4.69) is 4.98 Å². The lowest BCUT2D eigenvalue weighted by molar-refractivity contribution is -0.385. The lowest BCUT2D eigenvalue weighted by Gasteiger charge is -2.29. The van der Waals surface area contributed by atoms with Crippen molar-refractivity contribution in [2.75, 3.05) is 11.4 Å². The minimum Gasteiger partial charge on any atom is -0.312 e. The third-order valence-corrected chi connectivity index (χ3v) is 4.11. The molecule has 0 spiro atoms. The first kappa shape index (κ1) is 16.0. The number of nitrogens with zero attached hydrogens (tertiary/aromatic N) is 3. The lowest BCUT2D eigenvalue weighted by atomic mass is 9.99. The second kappa shape index (κ2) is 6.74. The van der Waals surface area contributed by atoms with Gasteiger partial charge in [-0.3, -0.25) is 19.9 Å². The van der Waals surface area contributed by atoms with Crippen LogP contribution in [0.4, 0.5) is 15.8 Å². The number of anilines is 1. The number of pyridine rings is 1. The molecule has 1 aliphatic heterocycles. The SMILES string of the molecule is O=C(CCc1cncc(F)c1)N1CCCc2c1cccc2[N+](=O)[O-]. The van der Waals surface area contributed by atoms with Crippen LogP contribution in [0.1, 0.15) is 24.0 Å². The number of benzene rings is 1. The van der Waals surface area contributed by atoms with E-state index in [0.717, 1.165) is 6.20 Å². The summed E-state index contributed by atoms with van der Waals surface area (Å²) in [5.74, 6) is -0.556. The van der Waals surface area contributed by atoms with Gasteiger partial charge in [0.2, 0.25) is 5.91 Å². The molecule has 6 nitrogen and oxygen atoms in total. The van der Waals surface area contributed by atoms with Crippen LogP contribution < -0.4 is 4.90 Å². The predicted molar refractivity (Wildman–Crippen MR) is 86.3 cm³/mol. The highest BCUT2D eigenvalue weighted by Crippen LogP contribution is 2.34. The summed E-state index contributed by atoms with van der Waals surface area (Å²) in [4.78, 5) is 28.6. The predicted octanol–water partition coefficient (Wildman–Crippen LogP) is 3.04. The zero-order valence-corrected chi connectivity index (χ0v) is 12.9. The summed E-state index contributed by atoms with van der Waals surface area (Å²) in [5.41, 5.74) is 1.92. The van der Waals surface area contributed by atoms with E-state index in [1.807, 2.05) is 0 Å². The van der Waals surface area contributed by atoms with E-state index in [9.17, 15) is 19.3 Å². The van der Waals surface area contributed by atoms with Crippen molar-refractivity contribution in [1.82, 2.24) is 4.98 Å². The van der Waals surface area contributed by atoms with Gasteiger partial charge in [-0.05, 0) is 37.0 Å². The number of nitro groups is 1. The first-order valence-corrected chi connectivity index (χ1v) is 7.72. The molecule has 1 aromatic heterocycles. The number of halogens is 1. The molecular weight excluding hydrogens is 313 g/mol. The Morgan fingerprint density at radius 3 is 2.96 bits per heavy atom. The Bertz CT molecular complexity index is 794. The van der Waals surface area contributed by atoms with E-state index in [-0.39, 0.29) is 18.0 Å². The summed E-state index contributed by atoms with van der Waals surface area (Å²) in [6.07, 6.45) is 4.50. The molecular formula is C17H16FN3O3. The molecule has 2 aromatic rings. The molecule has 0 N–H and O–H groups in total. The van der Waals surface area contributed by atoms with Crippen LogP contribution >= 0.6 is 0 Å². The number of aryl methyl sites for hydroxylation is 1. The molecule has 0 bridgehead atoms. The molecule has 3 rings (SSSR count). The van der Waals surface area contributed by atoms with Crippen LogP contribution in [0.25, 0.3) is 0 Å². The molecule has 1 amide bonds. The average molecular weight is 329 g/mol. The van der Waals surface area contributed by atoms with Gasteiger partial charge in [-0.25, -0.2) is 4.39 Å². The zero-order valence-electron chi connectivity index (χ0n) is 12.9. The molecule has 1 aliphatic rings. The fraction of sp³-hybridized carbons (Fsp3) is 0.294.